The number of nitrogens with two attached hydrogens (primary N) is 1. The molecule has 1 unspecified atom stereocenters. The molecule has 21 heavy (non-hydrogen) atoms. The fourth-order valence-corrected chi connectivity index (χ4v) is 2.74. The topological polar surface area (TPSA) is 58.7 Å². The quantitative estimate of drug-likeness (QED) is 0.814. The maximum absolute atomic E-state index is 9.35. The van der Waals surface area contributed by atoms with Crippen LogP contribution in [0.5, 0.6) is 0 Å². The number of hydrogen-bond acceptors (Lipinski definition) is 4. The summed E-state index contributed by atoms with van der Waals surface area (Å²) in [6.07, 6.45) is -0.108. The van der Waals surface area contributed by atoms with Crippen molar-refractivity contribution < 1.29 is 9.84 Å². The van der Waals surface area contributed by atoms with Crippen LogP contribution in [0.15, 0.2) is 24.3 Å². The largest absolute Gasteiger partial charge is 0.394 e. The lowest BCUT2D eigenvalue weighted by molar-refractivity contribution is -0.150. The van der Waals surface area contributed by atoms with Gasteiger partial charge in [-0.2, -0.15) is 0 Å². The van der Waals surface area contributed by atoms with Gasteiger partial charge in [0.15, 0.2) is 0 Å². The molecule has 1 heterocycles. The third-order valence-electron chi connectivity index (χ3n) is 3.45. The summed E-state index contributed by atoms with van der Waals surface area (Å²) in [7, 11) is 0. The third-order valence-corrected chi connectivity index (χ3v) is 3.45. The maximum Gasteiger partial charge on any atom is 0.0940 e. The second-order valence-corrected chi connectivity index (χ2v) is 6.05. The second kappa shape index (κ2) is 7.06. The lowest BCUT2D eigenvalue weighted by Gasteiger charge is -2.42. The van der Waals surface area contributed by atoms with E-state index < -0.39 is 0 Å². The van der Waals surface area contributed by atoms with E-state index in [0.717, 1.165) is 25.2 Å². The number of rotatable bonds is 3. The predicted octanol–water partition coefficient (Wildman–Crippen LogP) is 0.968. The van der Waals surface area contributed by atoms with Gasteiger partial charge in [0.05, 0.1) is 24.9 Å². The zero-order valence-electron chi connectivity index (χ0n) is 12.8. The van der Waals surface area contributed by atoms with Crippen molar-refractivity contribution in [2.24, 2.45) is 5.73 Å². The van der Waals surface area contributed by atoms with Crippen LogP contribution >= 0.6 is 0 Å². The summed E-state index contributed by atoms with van der Waals surface area (Å²) < 4.78 is 5.83. The molecule has 2 rings (SSSR count). The Labute approximate surface area is 126 Å². The van der Waals surface area contributed by atoms with Crippen molar-refractivity contribution in [2.75, 3.05) is 26.2 Å². The molecule has 4 nitrogen and oxygen atoms in total. The van der Waals surface area contributed by atoms with Crippen LogP contribution in [0.1, 0.15) is 25.0 Å². The Hall–Kier alpha value is -1.38. The highest BCUT2D eigenvalue weighted by Crippen LogP contribution is 2.22. The molecule has 0 aliphatic carbocycles. The molecule has 114 valence electrons. The summed E-state index contributed by atoms with van der Waals surface area (Å²) >= 11 is 0. The normalized spacial score (nSPS) is 21.6. The summed E-state index contributed by atoms with van der Waals surface area (Å²) in [5.41, 5.74) is 7.37. The van der Waals surface area contributed by atoms with E-state index in [0.29, 0.717) is 6.54 Å². The van der Waals surface area contributed by atoms with Crippen molar-refractivity contribution in [1.82, 2.24) is 4.90 Å². The molecular weight excluding hydrogens is 264 g/mol. The summed E-state index contributed by atoms with van der Waals surface area (Å²) in [5, 5.41) is 9.35. The highest BCUT2D eigenvalue weighted by molar-refractivity contribution is 5.36. The van der Waals surface area contributed by atoms with Gasteiger partial charge >= 0.3 is 0 Å². The number of morpholine rings is 1. The molecule has 3 N–H and O–H groups in total. The molecule has 1 aliphatic rings. The summed E-state index contributed by atoms with van der Waals surface area (Å²) in [6, 6.07) is 8.23. The van der Waals surface area contributed by atoms with Crippen LogP contribution in [-0.4, -0.2) is 48.0 Å². The minimum atomic E-state index is -0.224. The Morgan fingerprint density at radius 3 is 2.71 bits per heavy atom. The smallest absolute Gasteiger partial charge is 0.0940 e. The van der Waals surface area contributed by atoms with Gasteiger partial charge in [-0.1, -0.05) is 24.0 Å². The molecule has 1 fully saturated rings. The first-order valence-electron chi connectivity index (χ1n) is 7.31. The first-order chi connectivity index (χ1) is 10.0. The Bertz CT molecular complexity index is 514. The highest BCUT2D eigenvalue weighted by Gasteiger charge is 2.32. The van der Waals surface area contributed by atoms with E-state index in [1.54, 1.807) is 0 Å². The first-order valence-corrected chi connectivity index (χ1v) is 7.31. The van der Waals surface area contributed by atoms with Crippen LogP contribution < -0.4 is 5.73 Å². The van der Waals surface area contributed by atoms with E-state index in [1.807, 2.05) is 12.1 Å². The van der Waals surface area contributed by atoms with Crippen molar-refractivity contribution in [3.05, 3.63) is 35.4 Å². The number of aliphatic hydroxyl groups excluding tert-OH is 1. The number of benzene rings is 1. The maximum atomic E-state index is 9.35. The number of ether oxygens (including phenoxy) is 1. The second-order valence-electron chi connectivity index (χ2n) is 6.05. The molecule has 1 aromatic carbocycles. The van der Waals surface area contributed by atoms with Gasteiger partial charge in [0.2, 0.25) is 0 Å². The number of hydrogen-bond donors (Lipinski definition) is 2. The molecule has 0 radical (unpaired) electrons. The molecule has 4 heteroatoms. The Morgan fingerprint density at radius 2 is 2.10 bits per heavy atom. The molecule has 1 aromatic rings. The fraction of sp³-hybridized carbons (Fsp3) is 0.529. The van der Waals surface area contributed by atoms with Crippen LogP contribution in [-0.2, 0) is 11.3 Å². The zero-order chi connectivity index (χ0) is 15.3. The van der Waals surface area contributed by atoms with Crippen LogP contribution in [0, 0.1) is 11.8 Å². The van der Waals surface area contributed by atoms with E-state index >= 15 is 0 Å². The fourth-order valence-electron chi connectivity index (χ4n) is 2.74. The minimum Gasteiger partial charge on any atom is -0.394 e. The first kappa shape index (κ1) is 16.0. The molecule has 0 spiro atoms. The molecule has 0 saturated carbocycles. The highest BCUT2D eigenvalue weighted by atomic mass is 16.5. The van der Waals surface area contributed by atoms with Gasteiger partial charge in [0.25, 0.3) is 0 Å². The standard InChI is InChI=1S/C17H24N2O2/c1-17(2)13-19(11-16(12-20)21-17)10-15-7-5-14(6-8-15)4-3-9-18/h5-8,16,20H,9-13,18H2,1-2H3. The van der Waals surface area contributed by atoms with Gasteiger partial charge in [-0.15, -0.1) is 0 Å². The number of nitrogens with zero attached hydrogens (tertiary/aromatic N) is 1. The van der Waals surface area contributed by atoms with Crippen LogP contribution in [0.3, 0.4) is 0 Å². The molecule has 0 aromatic heterocycles. The summed E-state index contributed by atoms with van der Waals surface area (Å²) in [5.74, 6) is 5.88. The SMILES string of the molecule is CC1(C)CN(Cc2ccc(C#CCN)cc2)CC(CO)O1. The van der Waals surface area contributed by atoms with Gasteiger partial charge < -0.3 is 15.6 Å². The van der Waals surface area contributed by atoms with E-state index in [9.17, 15) is 5.11 Å². The zero-order valence-corrected chi connectivity index (χ0v) is 12.8. The van der Waals surface area contributed by atoms with Crippen LogP contribution in [0.4, 0.5) is 0 Å². The average molecular weight is 288 g/mol. The average Bonchev–Trinajstić information content (AvgIpc) is 2.45. The van der Waals surface area contributed by atoms with Gasteiger partial charge in [-0.3, -0.25) is 4.90 Å². The van der Waals surface area contributed by atoms with Gasteiger partial charge in [-0.25, -0.2) is 0 Å². The molecule has 1 aliphatic heterocycles. The minimum absolute atomic E-state index is 0.0630. The molecular formula is C17H24N2O2. The van der Waals surface area contributed by atoms with Crippen molar-refractivity contribution in [1.29, 1.82) is 0 Å². The van der Waals surface area contributed by atoms with Crippen LogP contribution in [0.2, 0.25) is 0 Å². The predicted molar refractivity (Wildman–Crippen MR) is 83.7 cm³/mol. The van der Waals surface area contributed by atoms with Gasteiger partial charge in [0, 0.05) is 25.2 Å². The van der Waals surface area contributed by atoms with Crippen LogP contribution in [0.25, 0.3) is 0 Å². The third kappa shape index (κ3) is 4.83. The molecule has 0 bridgehead atoms. The van der Waals surface area contributed by atoms with E-state index in [-0.39, 0.29) is 18.3 Å². The van der Waals surface area contributed by atoms with Gasteiger partial charge in [-0.05, 0) is 31.5 Å². The van der Waals surface area contributed by atoms with Crippen molar-refractivity contribution in [3.63, 3.8) is 0 Å². The van der Waals surface area contributed by atoms with Crippen molar-refractivity contribution in [2.45, 2.75) is 32.1 Å². The van der Waals surface area contributed by atoms with E-state index in [2.05, 4.69) is 42.7 Å². The summed E-state index contributed by atoms with van der Waals surface area (Å²) in [6.45, 7) is 7.04. The molecule has 1 atom stereocenters. The lowest BCUT2D eigenvalue weighted by Crippen LogP contribution is -2.53. The Kier molecular flexibility index (Phi) is 5.38. The van der Waals surface area contributed by atoms with E-state index in [4.69, 9.17) is 10.5 Å². The van der Waals surface area contributed by atoms with Gasteiger partial charge in [0.1, 0.15) is 0 Å². The Morgan fingerprint density at radius 1 is 1.38 bits per heavy atom. The lowest BCUT2D eigenvalue weighted by atomic mass is 10.0. The van der Waals surface area contributed by atoms with Crippen molar-refractivity contribution >= 4 is 0 Å². The monoisotopic (exact) mass is 288 g/mol. The summed E-state index contributed by atoms with van der Waals surface area (Å²) in [4.78, 5) is 2.32. The molecule has 1 saturated heterocycles. The van der Waals surface area contributed by atoms with E-state index in [1.165, 1.54) is 5.56 Å². The Balaban J connectivity index is 2.00. The van der Waals surface area contributed by atoms with Crippen molar-refractivity contribution in [3.8, 4) is 11.8 Å². The molecule has 0 amide bonds. The number of aliphatic hydroxyl groups is 1.